The van der Waals surface area contributed by atoms with E-state index in [1.807, 2.05) is 65.6 Å². The first-order valence-electron chi connectivity index (χ1n) is 10.5. The Balaban J connectivity index is 1.69. The topological polar surface area (TPSA) is 49.8 Å². The number of hydrogen-bond donors (Lipinski definition) is 1. The molecule has 4 nitrogen and oxygen atoms in total. The zero-order valence-corrected chi connectivity index (χ0v) is 17.0. The minimum Gasteiger partial charge on any atom is -0.496 e. The van der Waals surface area contributed by atoms with Crippen LogP contribution in [0.2, 0.25) is 0 Å². The first-order valence-corrected chi connectivity index (χ1v) is 10.5. The summed E-state index contributed by atoms with van der Waals surface area (Å²) < 4.78 is 5.63. The smallest absolute Gasteiger partial charge is 0.247 e. The highest BCUT2D eigenvalue weighted by molar-refractivity contribution is 5.92. The number of carbonyl (C=O) groups is 1. The summed E-state index contributed by atoms with van der Waals surface area (Å²) in [5.41, 5.74) is 1.28. The second kappa shape index (κ2) is 8.42. The first-order chi connectivity index (χ1) is 14.1. The third-order valence-electron chi connectivity index (χ3n) is 6.53. The summed E-state index contributed by atoms with van der Waals surface area (Å²) in [6.45, 7) is 0.549. The number of aliphatic hydroxyl groups is 1. The van der Waals surface area contributed by atoms with E-state index >= 15 is 0 Å². The average Bonchev–Trinajstić information content (AvgIpc) is 2.77. The van der Waals surface area contributed by atoms with Crippen LogP contribution >= 0.6 is 0 Å². The second-order valence-corrected chi connectivity index (χ2v) is 8.17. The number of ether oxygens (including phenoxy) is 1. The number of methoxy groups -OCH3 is 1. The Morgan fingerprint density at radius 3 is 2.66 bits per heavy atom. The van der Waals surface area contributed by atoms with Crippen LogP contribution in [0.4, 0.5) is 0 Å². The lowest BCUT2D eigenvalue weighted by Crippen LogP contribution is -2.56. The maximum atomic E-state index is 13.3. The summed E-state index contributed by atoms with van der Waals surface area (Å²) in [6, 6.07) is 17.6. The minimum absolute atomic E-state index is 0.0163. The van der Waals surface area contributed by atoms with Crippen molar-refractivity contribution in [3.05, 3.63) is 71.8 Å². The predicted molar refractivity (Wildman–Crippen MR) is 114 cm³/mol. The summed E-state index contributed by atoms with van der Waals surface area (Å²) in [5.74, 6) is 0.782. The molecule has 2 aromatic rings. The molecule has 0 aromatic heterocycles. The van der Waals surface area contributed by atoms with E-state index in [1.54, 1.807) is 13.2 Å². The number of rotatable bonds is 4. The summed E-state index contributed by atoms with van der Waals surface area (Å²) in [5, 5.41) is 11.4. The van der Waals surface area contributed by atoms with Gasteiger partial charge in [-0.25, -0.2) is 0 Å². The highest BCUT2D eigenvalue weighted by Gasteiger charge is 2.50. The van der Waals surface area contributed by atoms with Gasteiger partial charge in [0.2, 0.25) is 5.91 Å². The van der Waals surface area contributed by atoms with Crippen molar-refractivity contribution in [3.63, 3.8) is 0 Å². The van der Waals surface area contributed by atoms with E-state index in [1.165, 1.54) is 0 Å². The van der Waals surface area contributed by atoms with E-state index in [0.717, 1.165) is 42.6 Å². The monoisotopic (exact) mass is 391 g/mol. The zero-order chi connectivity index (χ0) is 20.3. The van der Waals surface area contributed by atoms with E-state index in [4.69, 9.17) is 4.74 Å². The van der Waals surface area contributed by atoms with Gasteiger partial charge in [0.1, 0.15) is 5.75 Å². The third kappa shape index (κ3) is 3.95. The van der Waals surface area contributed by atoms with Gasteiger partial charge >= 0.3 is 0 Å². The summed E-state index contributed by atoms with van der Waals surface area (Å²) >= 11 is 0. The lowest BCUT2D eigenvalue weighted by Gasteiger charge is -2.52. The van der Waals surface area contributed by atoms with Crippen LogP contribution in [-0.4, -0.2) is 35.2 Å². The normalized spacial score (nSPS) is 26.9. The molecule has 0 spiro atoms. The lowest BCUT2D eigenvalue weighted by atomic mass is 9.66. The molecule has 0 radical (unpaired) electrons. The summed E-state index contributed by atoms with van der Waals surface area (Å²) in [6.07, 6.45) is 8.02. The molecule has 29 heavy (non-hydrogen) atoms. The van der Waals surface area contributed by atoms with Crippen molar-refractivity contribution in [2.45, 2.75) is 43.7 Å². The number of piperidine rings is 1. The van der Waals surface area contributed by atoms with Gasteiger partial charge < -0.3 is 14.7 Å². The molecule has 2 fully saturated rings. The SMILES string of the molecule is COc1ccccc1[C@@H]1[C@H]2CCCC[C@]2(O)CCN1C(=O)/C=C/c1ccccc1. The average molecular weight is 392 g/mol. The van der Waals surface area contributed by atoms with Gasteiger partial charge in [0.25, 0.3) is 0 Å². The van der Waals surface area contributed by atoms with E-state index in [9.17, 15) is 9.90 Å². The zero-order valence-electron chi connectivity index (χ0n) is 17.0. The number of amides is 1. The van der Waals surface area contributed by atoms with Crippen LogP contribution in [0.15, 0.2) is 60.7 Å². The molecule has 1 aliphatic heterocycles. The highest BCUT2D eigenvalue weighted by atomic mass is 16.5. The van der Waals surface area contributed by atoms with Crippen LogP contribution in [0.25, 0.3) is 6.08 Å². The van der Waals surface area contributed by atoms with Crippen LogP contribution in [0.1, 0.15) is 49.3 Å². The van der Waals surface area contributed by atoms with Crippen molar-refractivity contribution in [1.29, 1.82) is 0 Å². The maximum absolute atomic E-state index is 13.3. The van der Waals surface area contributed by atoms with Gasteiger partial charge in [-0.3, -0.25) is 4.79 Å². The van der Waals surface area contributed by atoms with Crippen LogP contribution in [0, 0.1) is 5.92 Å². The fourth-order valence-electron chi connectivity index (χ4n) is 5.05. The molecule has 1 heterocycles. The van der Waals surface area contributed by atoms with Gasteiger partial charge in [-0.1, -0.05) is 61.4 Å². The number of carbonyl (C=O) groups excluding carboxylic acids is 1. The number of likely N-dealkylation sites (tertiary alicyclic amines) is 1. The Kier molecular flexibility index (Phi) is 5.72. The molecule has 2 aliphatic rings. The molecule has 0 bridgehead atoms. The fraction of sp³-hybridized carbons (Fsp3) is 0.400. The van der Waals surface area contributed by atoms with Crippen LogP contribution < -0.4 is 4.74 Å². The summed E-state index contributed by atoms with van der Waals surface area (Å²) in [7, 11) is 1.66. The fourth-order valence-corrected chi connectivity index (χ4v) is 5.05. The lowest BCUT2D eigenvalue weighted by molar-refractivity contribution is -0.151. The largest absolute Gasteiger partial charge is 0.496 e. The maximum Gasteiger partial charge on any atom is 0.247 e. The highest BCUT2D eigenvalue weighted by Crippen LogP contribution is 2.50. The molecule has 4 heteroatoms. The number of benzene rings is 2. The van der Waals surface area contributed by atoms with E-state index in [2.05, 4.69) is 0 Å². The Morgan fingerprint density at radius 2 is 1.86 bits per heavy atom. The molecule has 4 rings (SSSR count). The molecule has 1 aliphatic carbocycles. The molecular weight excluding hydrogens is 362 g/mol. The molecule has 152 valence electrons. The number of hydrogen-bond acceptors (Lipinski definition) is 3. The van der Waals surface area contributed by atoms with Crippen LogP contribution in [0.5, 0.6) is 5.75 Å². The Morgan fingerprint density at radius 1 is 1.10 bits per heavy atom. The van der Waals surface area contributed by atoms with Gasteiger partial charge in [0, 0.05) is 24.1 Å². The van der Waals surface area contributed by atoms with Crippen molar-refractivity contribution < 1.29 is 14.6 Å². The van der Waals surface area contributed by atoms with Gasteiger partial charge in [-0.05, 0) is 37.0 Å². The molecule has 1 amide bonds. The molecule has 2 aromatic carbocycles. The molecule has 0 unspecified atom stereocenters. The van der Waals surface area contributed by atoms with Gasteiger partial charge in [-0.15, -0.1) is 0 Å². The Labute approximate surface area is 172 Å². The number of para-hydroxylation sites is 1. The molecule has 1 saturated heterocycles. The van der Waals surface area contributed by atoms with E-state index in [-0.39, 0.29) is 17.9 Å². The molecular formula is C25H29NO3. The predicted octanol–water partition coefficient (Wildman–Crippen LogP) is 4.60. The van der Waals surface area contributed by atoms with Crippen molar-refractivity contribution in [3.8, 4) is 5.75 Å². The molecule has 1 saturated carbocycles. The van der Waals surface area contributed by atoms with Crippen molar-refractivity contribution >= 4 is 12.0 Å². The first kappa shape index (κ1) is 19.7. The Bertz CT molecular complexity index is 879. The van der Waals surface area contributed by atoms with Gasteiger partial charge in [-0.2, -0.15) is 0 Å². The van der Waals surface area contributed by atoms with Crippen molar-refractivity contribution in [1.82, 2.24) is 4.90 Å². The van der Waals surface area contributed by atoms with Crippen LogP contribution in [0.3, 0.4) is 0 Å². The number of nitrogens with zero attached hydrogens (tertiary/aromatic N) is 1. The molecule has 1 N–H and O–H groups in total. The summed E-state index contributed by atoms with van der Waals surface area (Å²) in [4.78, 5) is 15.2. The van der Waals surface area contributed by atoms with Crippen molar-refractivity contribution in [2.24, 2.45) is 5.92 Å². The van der Waals surface area contributed by atoms with Gasteiger partial charge in [0.05, 0.1) is 18.8 Å². The molecule has 3 atom stereocenters. The van der Waals surface area contributed by atoms with Crippen molar-refractivity contribution in [2.75, 3.05) is 13.7 Å². The van der Waals surface area contributed by atoms with E-state index in [0.29, 0.717) is 13.0 Å². The number of fused-ring (bicyclic) bond motifs is 1. The van der Waals surface area contributed by atoms with Gasteiger partial charge in [0.15, 0.2) is 0 Å². The Hall–Kier alpha value is -2.59. The van der Waals surface area contributed by atoms with E-state index < -0.39 is 5.60 Å². The second-order valence-electron chi connectivity index (χ2n) is 8.17. The quantitative estimate of drug-likeness (QED) is 0.775. The van der Waals surface area contributed by atoms with Crippen LogP contribution in [-0.2, 0) is 4.79 Å². The minimum atomic E-state index is -0.705. The standard InChI is InChI=1S/C25H29NO3/c1-29-22-13-6-5-11-20(22)24-21-12-7-8-16-25(21,28)17-18-26(24)23(27)15-14-19-9-3-2-4-10-19/h2-6,9-11,13-15,21,24,28H,7-8,12,16-18H2,1H3/b15-14+/t21-,24-,25+/m1/s1. The third-order valence-corrected chi connectivity index (χ3v) is 6.53.